The van der Waals surface area contributed by atoms with Crippen molar-refractivity contribution in [1.29, 1.82) is 0 Å². The zero-order valence-electron chi connectivity index (χ0n) is 14.7. The summed E-state index contributed by atoms with van der Waals surface area (Å²) in [4.78, 5) is 12.0. The van der Waals surface area contributed by atoms with E-state index in [2.05, 4.69) is 13.8 Å². The number of hydrogen-bond acceptors (Lipinski definition) is 3. The van der Waals surface area contributed by atoms with Gasteiger partial charge in [-0.2, -0.15) is 0 Å². The van der Waals surface area contributed by atoms with Gasteiger partial charge < -0.3 is 14.9 Å². The van der Waals surface area contributed by atoms with Crippen molar-refractivity contribution in [2.45, 2.75) is 76.7 Å². The van der Waals surface area contributed by atoms with E-state index in [9.17, 15) is 15.0 Å². The normalized spacial score (nSPS) is 25.3. The number of carbonyl (C=O) groups is 1. The minimum Gasteiger partial charge on any atom is -0.504 e. The van der Waals surface area contributed by atoms with Crippen LogP contribution in [0.3, 0.4) is 0 Å². The Hall–Kier alpha value is -1.71. The zero-order chi connectivity index (χ0) is 17.4. The molecule has 0 aliphatic heterocycles. The van der Waals surface area contributed by atoms with Gasteiger partial charge in [-0.05, 0) is 55.2 Å². The highest BCUT2D eigenvalue weighted by Crippen LogP contribution is 2.44. The Kier molecular flexibility index (Phi) is 4.50. The average Bonchev–Trinajstić information content (AvgIpc) is 2.89. The van der Waals surface area contributed by atoms with Gasteiger partial charge in [0.15, 0.2) is 11.5 Å². The molecule has 2 fully saturated rings. The molecule has 1 aromatic rings. The van der Waals surface area contributed by atoms with E-state index in [0.717, 1.165) is 44.1 Å². The van der Waals surface area contributed by atoms with Crippen molar-refractivity contribution in [3.8, 4) is 11.5 Å². The highest BCUT2D eigenvalue weighted by molar-refractivity contribution is 5.82. The van der Waals surface area contributed by atoms with Crippen LogP contribution in [0.2, 0.25) is 0 Å². The molecule has 1 aromatic carbocycles. The standard InChI is InChI=1S/C20H28O4/c1-19(2)11-8-15(13-19)24-17-12-14(6-7-16(17)21)20(18(22)23)9-4-3-5-10-20/h6-7,12,15,21H,3-5,8-11,13H2,1-2H3,(H,22,23). The summed E-state index contributed by atoms with van der Waals surface area (Å²) in [5, 5.41) is 20.0. The van der Waals surface area contributed by atoms with E-state index in [0.29, 0.717) is 18.6 Å². The van der Waals surface area contributed by atoms with Crippen LogP contribution in [0.5, 0.6) is 11.5 Å². The molecule has 132 valence electrons. The molecule has 0 amide bonds. The SMILES string of the molecule is CC1(C)CCC(Oc2cc(C3(C(=O)O)CCCCC3)ccc2O)C1. The number of aliphatic carboxylic acids is 1. The van der Waals surface area contributed by atoms with Gasteiger partial charge in [-0.15, -0.1) is 0 Å². The molecule has 0 spiro atoms. The van der Waals surface area contributed by atoms with E-state index in [1.54, 1.807) is 18.2 Å². The molecule has 2 N–H and O–H groups in total. The maximum atomic E-state index is 12.0. The van der Waals surface area contributed by atoms with E-state index in [1.807, 2.05) is 0 Å². The van der Waals surface area contributed by atoms with Crippen LogP contribution in [0, 0.1) is 5.41 Å². The lowest BCUT2D eigenvalue weighted by molar-refractivity contribution is -0.145. The summed E-state index contributed by atoms with van der Waals surface area (Å²) in [6.07, 6.45) is 7.40. The van der Waals surface area contributed by atoms with Crippen LogP contribution in [0.25, 0.3) is 0 Å². The summed E-state index contributed by atoms with van der Waals surface area (Å²) in [6.45, 7) is 4.46. The molecule has 1 atom stereocenters. The molecule has 0 bridgehead atoms. The number of phenols is 1. The summed E-state index contributed by atoms with van der Waals surface area (Å²) < 4.78 is 6.05. The first-order chi connectivity index (χ1) is 11.3. The number of phenolic OH excluding ortho intramolecular Hbond substituents is 1. The second-order valence-electron chi connectivity index (χ2n) is 8.28. The molecular formula is C20H28O4. The second kappa shape index (κ2) is 6.30. The highest BCUT2D eigenvalue weighted by atomic mass is 16.5. The first-order valence-electron chi connectivity index (χ1n) is 9.06. The third-order valence-electron chi connectivity index (χ3n) is 5.85. The Bertz CT molecular complexity index is 614. The second-order valence-corrected chi connectivity index (χ2v) is 8.28. The lowest BCUT2D eigenvalue weighted by Gasteiger charge is -2.34. The van der Waals surface area contributed by atoms with Crippen LogP contribution in [0.1, 0.15) is 70.8 Å². The van der Waals surface area contributed by atoms with Crippen LogP contribution in [0.4, 0.5) is 0 Å². The van der Waals surface area contributed by atoms with Gasteiger partial charge in [-0.3, -0.25) is 4.79 Å². The molecule has 4 nitrogen and oxygen atoms in total. The molecule has 2 aliphatic rings. The lowest BCUT2D eigenvalue weighted by Crippen LogP contribution is -2.37. The van der Waals surface area contributed by atoms with Crippen molar-refractivity contribution >= 4 is 5.97 Å². The molecular weight excluding hydrogens is 304 g/mol. The smallest absolute Gasteiger partial charge is 0.314 e. The third kappa shape index (κ3) is 3.24. The maximum Gasteiger partial charge on any atom is 0.314 e. The largest absolute Gasteiger partial charge is 0.504 e. The van der Waals surface area contributed by atoms with E-state index >= 15 is 0 Å². The number of hydrogen-bond donors (Lipinski definition) is 2. The topological polar surface area (TPSA) is 66.8 Å². The van der Waals surface area contributed by atoms with Crippen molar-refractivity contribution in [3.05, 3.63) is 23.8 Å². The fourth-order valence-electron chi connectivity index (χ4n) is 4.34. The molecule has 0 radical (unpaired) electrons. The van der Waals surface area contributed by atoms with Crippen molar-refractivity contribution in [1.82, 2.24) is 0 Å². The van der Waals surface area contributed by atoms with Gasteiger partial charge >= 0.3 is 5.97 Å². The van der Waals surface area contributed by atoms with Gasteiger partial charge in [0.25, 0.3) is 0 Å². The summed E-state index contributed by atoms with van der Waals surface area (Å²) in [5.74, 6) is -0.234. The first-order valence-corrected chi connectivity index (χ1v) is 9.06. The molecule has 1 unspecified atom stereocenters. The Morgan fingerprint density at radius 2 is 1.88 bits per heavy atom. The summed E-state index contributed by atoms with van der Waals surface area (Å²) in [7, 11) is 0. The van der Waals surface area contributed by atoms with Crippen LogP contribution in [-0.2, 0) is 10.2 Å². The fraction of sp³-hybridized carbons (Fsp3) is 0.650. The number of aromatic hydroxyl groups is 1. The van der Waals surface area contributed by atoms with Crippen LogP contribution in [0.15, 0.2) is 18.2 Å². The molecule has 2 aliphatic carbocycles. The zero-order valence-corrected chi connectivity index (χ0v) is 14.7. The predicted molar refractivity (Wildman–Crippen MR) is 92.6 cm³/mol. The molecule has 4 heteroatoms. The van der Waals surface area contributed by atoms with E-state index < -0.39 is 11.4 Å². The number of ether oxygens (including phenoxy) is 1. The molecule has 0 aromatic heterocycles. The van der Waals surface area contributed by atoms with Crippen molar-refractivity contribution in [2.24, 2.45) is 5.41 Å². The van der Waals surface area contributed by atoms with Crippen molar-refractivity contribution in [3.63, 3.8) is 0 Å². The Morgan fingerprint density at radius 3 is 2.46 bits per heavy atom. The Labute approximate surface area is 143 Å². The average molecular weight is 332 g/mol. The number of benzene rings is 1. The third-order valence-corrected chi connectivity index (χ3v) is 5.85. The highest BCUT2D eigenvalue weighted by Gasteiger charge is 2.42. The van der Waals surface area contributed by atoms with E-state index in [1.165, 1.54) is 0 Å². The van der Waals surface area contributed by atoms with Crippen LogP contribution < -0.4 is 4.74 Å². The van der Waals surface area contributed by atoms with Crippen LogP contribution in [-0.4, -0.2) is 22.3 Å². The van der Waals surface area contributed by atoms with Gasteiger partial charge in [0.05, 0.1) is 11.5 Å². The minimum absolute atomic E-state index is 0.0910. The van der Waals surface area contributed by atoms with Crippen molar-refractivity contribution in [2.75, 3.05) is 0 Å². The summed E-state index contributed by atoms with van der Waals surface area (Å²) in [5.41, 5.74) is 0.197. The fourth-order valence-corrected chi connectivity index (χ4v) is 4.34. The molecule has 0 saturated heterocycles. The molecule has 3 rings (SSSR count). The monoisotopic (exact) mass is 332 g/mol. The maximum absolute atomic E-state index is 12.0. The predicted octanol–water partition coefficient (Wildman–Crippen LogP) is 4.64. The Morgan fingerprint density at radius 1 is 1.17 bits per heavy atom. The van der Waals surface area contributed by atoms with Gasteiger partial charge in [0.1, 0.15) is 0 Å². The van der Waals surface area contributed by atoms with Crippen molar-refractivity contribution < 1.29 is 19.7 Å². The summed E-state index contributed by atoms with van der Waals surface area (Å²) >= 11 is 0. The quantitative estimate of drug-likeness (QED) is 0.843. The number of carboxylic acid groups (broad SMARTS) is 1. The molecule has 2 saturated carbocycles. The van der Waals surface area contributed by atoms with Crippen LogP contribution >= 0.6 is 0 Å². The molecule has 24 heavy (non-hydrogen) atoms. The van der Waals surface area contributed by atoms with Gasteiger partial charge in [0, 0.05) is 0 Å². The van der Waals surface area contributed by atoms with Gasteiger partial charge in [0.2, 0.25) is 0 Å². The van der Waals surface area contributed by atoms with E-state index in [4.69, 9.17) is 4.74 Å². The molecule has 0 heterocycles. The van der Waals surface area contributed by atoms with Gasteiger partial charge in [-0.25, -0.2) is 0 Å². The lowest BCUT2D eigenvalue weighted by atomic mass is 9.69. The van der Waals surface area contributed by atoms with E-state index in [-0.39, 0.29) is 17.3 Å². The first kappa shape index (κ1) is 17.1. The number of carboxylic acids is 1. The summed E-state index contributed by atoms with van der Waals surface area (Å²) in [6, 6.07) is 5.10. The van der Waals surface area contributed by atoms with Gasteiger partial charge in [-0.1, -0.05) is 39.2 Å². The minimum atomic E-state index is -0.834. The number of rotatable bonds is 4. The Balaban J connectivity index is 1.87.